The smallest absolute Gasteiger partial charge is 0.226 e. The highest BCUT2D eigenvalue weighted by Crippen LogP contribution is 2.18. The van der Waals surface area contributed by atoms with Gasteiger partial charge >= 0.3 is 0 Å². The summed E-state index contributed by atoms with van der Waals surface area (Å²) in [5.41, 5.74) is 1.38. The van der Waals surface area contributed by atoms with Gasteiger partial charge in [0.1, 0.15) is 11.5 Å². The summed E-state index contributed by atoms with van der Waals surface area (Å²) in [6.07, 6.45) is 2.95. The van der Waals surface area contributed by atoms with Gasteiger partial charge in [-0.25, -0.2) is 0 Å². The maximum Gasteiger partial charge on any atom is 0.226 e. The minimum absolute atomic E-state index is 0.0499. The first kappa shape index (κ1) is 18.2. The van der Waals surface area contributed by atoms with E-state index < -0.39 is 0 Å². The molecule has 138 valence electrons. The molecule has 0 fully saturated rings. The normalized spacial score (nSPS) is 12.6. The minimum Gasteiger partial charge on any atom is -0.468 e. The minimum atomic E-state index is -0.0499. The van der Waals surface area contributed by atoms with Crippen molar-refractivity contribution in [3.63, 3.8) is 0 Å². The quantitative estimate of drug-likeness (QED) is 0.637. The first-order valence-corrected chi connectivity index (χ1v) is 9.03. The highest BCUT2D eigenvalue weighted by Gasteiger charge is 2.15. The predicted octanol–water partition coefficient (Wildman–Crippen LogP) is 3.38. The number of carbonyl (C=O) groups excluding carboxylic acids is 1. The van der Waals surface area contributed by atoms with Crippen molar-refractivity contribution in [2.24, 2.45) is 0 Å². The molecular weight excluding hydrogens is 330 g/mol. The Hall–Kier alpha value is -2.60. The standard InChI is InChI=1S/C20H25N3O3/c1-3-15(2)23(14-16-7-6-12-25-16)11-10-21-20(24)13-18-17-8-4-5-9-19(17)26-22-18/h4-9,12,15H,3,10-11,13-14H2,1-2H3,(H,21,24)/t15-/m1/s1. The Morgan fingerprint density at radius 2 is 2.12 bits per heavy atom. The Kier molecular flexibility index (Phi) is 6.07. The van der Waals surface area contributed by atoms with Gasteiger partial charge in [-0.05, 0) is 37.6 Å². The lowest BCUT2D eigenvalue weighted by molar-refractivity contribution is -0.120. The monoisotopic (exact) mass is 355 g/mol. The molecule has 1 amide bonds. The van der Waals surface area contributed by atoms with Crippen LogP contribution in [0.3, 0.4) is 0 Å². The van der Waals surface area contributed by atoms with Gasteiger partial charge in [-0.15, -0.1) is 0 Å². The van der Waals surface area contributed by atoms with E-state index in [1.54, 1.807) is 6.26 Å². The third-order valence-corrected chi connectivity index (χ3v) is 4.65. The zero-order chi connectivity index (χ0) is 18.4. The lowest BCUT2D eigenvalue weighted by Gasteiger charge is -2.27. The van der Waals surface area contributed by atoms with Crippen molar-refractivity contribution in [3.8, 4) is 0 Å². The molecule has 0 saturated heterocycles. The molecule has 26 heavy (non-hydrogen) atoms. The molecule has 0 aliphatic rings. The first-order chi connectivity index (χ1) is 12.7. The largest absolute Gasteiger partial charge is 0.468 e. The van der Waals surface area contributed by atoms with E-state index in [4.69, 9.17) is 8.94 Å². The fraction of sp³-hybridized carbons (Fsp3) is 0.400. The number of nitrogens with zero attached hydrogens (tertiary/aromatic N) is 2. The van der Waals surface area contributed by atoms with Crippen LogP contribution in [0.4, 0.5) is 0 Å². The summed E-state index contributed by atoms with van der Waals surface area (Å²) in [4.78, 5) is 14.6. The van der Waals surface area contributed by atoms with Gasteiger partial charge in [0.2, 0.25) is 5.91 Å². The van der Waals surface area contributed by atoms with Gasteiger partial charge in [-0.3, -0.25) is 9.69 Å². The van der Waals surface area contributed by atoms with Crippen molar-refractivity contribution < 1.29 is 13.7 Å². The molecule has 1 atom stereocenters. The fourth-order valence-corrected chi connectivity index (χ4v) is 2.94. The van der Waals surface area contributed by atoms with Gasteiger partial charge in [-0.1, -0.05) is 24.2 Å². The highest BCUT2D eigenvalue weighted by molar-refractivity contribution is 5.86. The van der Waals surface area contributed by atoms with Gasteiger partial charge in [0.25, 0.3) is 0 Å². The molecule has 1 N–H and O–H groups in total. The number of aromatic nitrogens is 1. The molecule has 0 saturated carbocycles. The van der Waals surface area contributed by atoms with Crippen molar-refractivity contribution >= 4 is 16.9 Å². The van der Waals surface area contributed by atoms with E-state index in [-0.39, 0.29) is 12.3 Å². The van der Waals surface area contributed by atoms with Gasteiger partial charge in [-0.2, -0.15) is 0 Å². The highest BCUT2D eigenvalue weighted by atomic mass is 16.5. The molecule has 0 aliphatic carbocycles. The lowest BCUT2D eigenvalue weighted by atomic mass is 10.1. The average molecular weight is 355 g/mol. The molecule has 0 bridgehead atoms. The van der Waals surface area contributed by atoms with Crippen LogP contribution in [-0.4, -0.2) is 35.1 Å². The molecule has 3 aromatic rings. The van der Waals surface area contributed by atoms with Crippen molar-refractivity contribution in [1.82, 2.24) is 15.4 Å². The molecule has 6 heteroatoms. The number of rotatable bonds is 9. The number of amides is 1. The van der Waals surface area contributed by atoms with Crippen LogP contribution in [0, 0.1) is 0 Å². The van der Waals surface area contributed by atoms with Crippen LogP contribution in [0.1, 0.15) is 31.7 Å². The molecule has 3 rings (SSSR count). The average Bonchev–Trinajstić information content (AvgIpc) is 3.30. The van der Waals surface area contributed by atoms with Crippen LogP contribution in [0.5, 0.6) is 0 Å². The van der Waals surface area contributed by atoms with Crippen LogP contribution in [0.2, 0.25) is 0 Å². The van der Waals surface area contributed by atoms with Gasteiger partial charge in [0.15, 0.2) is 5.58 Å². The second kappa shape index (κ2) is 8.67. The van der Waals surface area contributed by atoms with E-state index in [1.165, 1.54) is 0 Å². The maximum absolute atomic E-state index is 12.3. The second-order valence-electron chi connectivity index (χ2n) is 6.46. The predicted molar refractivity (Wildman–Crippen MR) is 99.6 cm³/mol. The Morgan fingerprint density at radius 1 is 1.27 bits per heavy atom. The second-order valence-corrected chi connectivity index (χ2v) is 6.46. The van der Waals surface area contributed by atoms with E-state index in [0.29, 0.717) is 23.9 Å². The van der Waals surface area contributed by atoms with Crippen LogP contribution >= 0.6 is 0 Å². The summed E-state index contributed by atoms with van der Waals surface area (Å²) in [5, 5.41) is 7.88. The molecule has 2 aromatic heterocycles. The molecule has 0 spiro atoms. The van der Waals surface area contributed by atoms with E-state index in [2.05, 4.69) is 29.2 Å². The van der Waals surface area contributed by atoms with Crippen molar-refractivity contribution in [2.45, 2.75) is 39.3 Å². The van der Waals surface area contributed by atoms with E-state index >= 15 is 0 Å². The molecule has 6 nitrogen and oxygen atoms in total. The van der Waals surface area contributed by atoms with Gasteiger partial charge in [0.05, 0.1) is 19.2 Å². The van der Waals surface area contributed by atoms with E-state index in [0.717, 1.165) is 30.7 Å². The fourth-order valence-electron chi connectivity index (χ4n) is 2.94. The summed E-state index contributed by atoms with van der Waals surface area (Å²) in [6.45, 7) is 6.44. The SMILES string of the molecule is CC[C@@H](C)N(CCNC(=O)Cc1noc2ccccc12)Cc1ccco1. The molecule has 0 aliphatic heterocycles. The zero-order valence-electron chi connectivity index (χ0n) is 15.3. The number of hydrogen-bond acceptors (Lipinski definition) is 5. The maximum atomic E-state index is 12.3. The van der Waals surface area contributed by atoms with Crippen LogP contribution < -0.4 is 5.32 Å². The lowest BCUT2D eigenvalue weighted by Crippen LogP contribution is -2.39. The number of fused-ring (bicyclic) bond motifs is 1. The number of nitrogens with one attached hydrogen (secondary N) is 1. The number of furan rings is 1. The number of carbonyl (C=O) groups is 1. The topological polar surface area (TPSA) is 71.5 Å². The Morgan fingerprint density at radius 3 is 2.88 bits per heavy atom. The van der Waals surface area contributed by atoms with Crippen molar-refractivity contribution in [1.29, 1.82) is 0 Å². The Bertz CT molecular complexity index is 826. The van der Waals surface area contributed by atoms with Crippen LogP contribution in [-0.2, 0) is 17.8 Å². The summed E-state index contributed by atoms with van der Waals surface area (Å²) in [5.74, 6) is 0.886. The summed E-state index contributed by atoms with van der Waals surface area (Å²) in [7, 11) is 0. The van der Waals surface area contributed by atoms with Crippen molar-refractivity contribution in [2.75, 3.05) is 13.1 Å². The Balaban J connectivity index is 1.51. The van der Waals surface area contributed by atoms with E-state index in [1.807, 2.05) is 36.4 Å². The van der Waals surface area contributed by atoms with Crippen molar-refractivity contribution in [3.05, 3.63) is 54.1 Å². The number of hydrogen-bond donors (Lipinski definition) is 1. The molecule has 0 radical (unpaired) electrons. The third kappa shape index (κ3) is 4.52. The molecule has 2 heterocycles. The van der Waals surface area contributed by atoms with Gasteiger partial charge < -0.3 is 14.3 Å². The summed E-state index contributed by atoms with van der Waals surface area (Å²) >= 11 is 0. The molecular formula is C20H25N3O3. The van der Waals surface area contributed by atoms with Crippen LogP contribution in [0.15, 0.2) is 51.6 Å². The molecule has 0 unspecified atom stereocenters. The summed E-state index contributed by atoms with van der Waals surface area (Å²) < 4.78 is 10.7. The number of para-hydroxylation sites is 1. The van der Waals surface area contributed by atoms with Gasteiger partial charge in [0, 0.05) is 24.5 Å². The Labute approximate surface area is 153 Å². The summed E-state index contributed by atoms with van der Waals surface area (Å²) in [6, 6.07) is 11.9. The van der Waals surface area contributed by atoms with E-state index in [9.17, 15) is 4.79 Å². The third-order valence-electron chi connectivity index (χ3n) is 4.65. The number of benzene rings is 1. The first-order valence-electron chi connectivity index (χ1n) is 9.03. The van der Waals surface area contributed by atoms with Crippen LogP contribution in [0.25, 0.3) is 11.0 Å². The zero-order valence-corrected chi connectivity index (χ0v) is 15.3. The molecule has 1 aromatic carbocycles.